The summed E-state index contributed by atoms with van der Waals surface area (Å²) >= 11 is 0. The maximum Gasteiger partial charge on any atom is 0.416 e. The third-order valence-corrected chi connectivity index (χ3v) is 2.80. The van der Waals surface area contributed by atoms with Crippen molar-refractivity contribution in [3.05, 3.63) is 35.4 Å². The predicted octanol–water partition coefficient (Wildman–Crippen LogP) is 3.75. The summed E-state index contributed by atoms with van der Waals surface area (Å²) in [6.45, 7) is 5.48. The second kappa shape index (κ2) is 4.69. The molecule has 0 aromatic heterocycles. The van der Waals surface area contributed by atoms with Gasteiger partial charge in [0, 0.05) is 0 Å². The first-order chi connectivity index (χ1) is 7.63. The van der Waals surface area contributed by atoms with Crippen molar-refractivity contribution >= 4 is 0 Å². The first-order valence-corrected chi connectivity index (χ1v) is 5.49. The molecule has 0 aliphatic heterocycles. The SMILES string of the molecule is CC(O)CC(C)(C)c1ccc(C(F)(F)F)cc1. The van der Waals surface area contributed by atoms with Gasteiger partial charge in [0.2, 0.25) is 0 Å². The maximum atomic E-state index is 12.4. The van der Waals surface area contributed by atoms with Crippen molar-refractivity contribution in [1.29, 1.82) is 0 Å². The number of rotatable bonds is 3. The number of halogens is 3. The van der Waals surface area contributed by atoms with Crippen molar-refractivity contribution in [2.45, 2.75) is 44.9 Å². The molecular formula is C13H17F3O. The van der Waals surface area contributed by atoms with E-state index in [0.29, 0.717) is 6.42 Å². The van der Waals surface area contributed by atoms with E-state index in [4.69, 9.17) is 0 Å². The molecular weight excluding hydrogens is 229 g/mol. The van der Waals surface area contributed by atoms with Crippen LogP contribution in [0, 0.1) is 0 Å². The lowest BCUT2D eigenvalue weighted by molar-refractivity contribution is -0.137. The van der Waals surface area contributed by atoms with Gasteiger partial charge in [-0.15, -0.1) is 0 Å². The molecule has 1 nitrogen and oxygen atoms in total. The number of hydrogen-bond acceptors (Lipinski definition) is 1. The van der Waals surface area contributed by atoms with Crippen molar-refractivity contribution in [3.8, 4) is 0 Å². The molecule has 1 unspecified atom stereocenters. The minimum atomic E-state index is -4.30. The van der Waals surface area contributed by atoms with Crippen LogP contribution in [0.4, 0.5) is 13.2 Å². The van der Waals surface area contributed by atoms with Crippen LogP contribution in [0.15, 0.2) is 24.3 Å². The summed E-state index contributed by atoms with van der Waals surface area (Å²) in [5.41, 5.74) is -0.182. The Bertz CT molecular complexity index is 363. The van der Waals surface area contributed by atoms with Crippen LogP contribution in [0.25, 0.3) is 0 Å². The van der Waals surface area contributed by atoms with Crippen LogP contribution in [0.2, 0.25) is 0 Å². The van der Waals surface area contributed by atoms with Crippen LogP contribution >= 0.6 is 0 Å². The van der Waals surface area contributed by atoms with Gasteiger partial charge in [0.1, 0.15) is 0 Å². The Kier molecular flexibility index (Phi) is 3.87. The highest BCUT2D eigenvalue weighted by molar-refractivity contribution is 5.29. The van der Waals surface area contributed by atoms with Gasteiger partial charge in [-0.3, -0.25) is 0 Å². The second-order valence-electron chi connectivity index (χ2n) is 5.01. The molecule has 0 saturated heterocycles. The minimum Gasteiger partial charge on any atom is -0.393 e. The Morgan fingerprint density at radius 1 is 1.06 bits per heavy atom. The Morgan fingerprint density at radius 2 is 1.47 bits per heavy atom. The molecule has 0 radical (unpaired) electrons. The predicted molar refractivity (Wildman–Crippen MR) is 60.8 cm³/mol. The molecule has 0 heterocycles. The molecule has 1 aromatic carbocycles. The van der Waals surface area contributed by atoms with Gasteiger partial charge in [-0.1, -0.05) is 26.0 Å². The molecule has 4 heteroatoms. The van der Waals surface area contributed by atoms with Crippen molar-refractivity contribution < 1.29 is 18.3 Å². The average molecular weight is 246 g/mol. The van der Waals surface area contributed by atoms with Crippen molar-refractivity contribution in [1.82, 2.24) is 0 Å². The van der Waals surface area contributed by atoms with Gasteiger partial charge in [0.05, 0.1) is 11.7 Å². The van der Waals surface area contributed by atoms with E-state index < -0.39 is 17.8 Å². The summed E-state index contributed by atoms with van der Waals surface area (Å²) in [7, 11) is 0. The van der Waals surface area contributed by atoms with E-state index in [-0.39, 0.29) is 5.41 Å². The summed E-state index contributed by atoms with van der Waals surface area (Å²) in [4.78, 5) is 0. The normalized spacial score (nSPS) is 14.8. The summed E-state index contributed by atoms with van der Waals surface area (Å²) in [5, 5.41) is 9.35. The van der Waals surface area contributed by atoms with Crippen molar-refractivity contribution in [2.24, 2.45) is 0 Å². The third kappa shape index (κ3) is 3.73. The molecule has 1 N–H and O–H groups in total. The van der Waals surface area contributed by atoms with E-state index in [1.165, 1.54) is 12.1 Å². The van der Waals surface area contributed by atoms with E-state index in [1.807, 2.05) is 13.8 Å². The summed E-state index contributed by atoms with van der Waals surface area (Å²) in [5.74, 6) is 0. The van der Waals surface area contributed by atoms with Gasteiger partial charge in [-0.05, 0) is 36.5 Å². The smallest absolute Gasteiger partial charge is 0.393 e. The first-order valence-electron chi connectivity index (χ1n) is 5.49. The van der Waals surface area contributed by atoms with E-state index in [2.05, 4.69) is 0 Å². The van der Waals surface area contributed by atoms with Gasteiger partial charge in [-0.25, -0.2) is 0 Å². The van der Waals surface area contributed by atoms with E-state index in [0.717, 1.165) is 17.7 Å². The van der Waals surface area contributed by atoms with Gasteiger partial charge in [0.15, 0.2) is 0 Å². The molecule has 0 saturated carbocycles. The number of benzene rings is 1. The lowest BCUT2D eigenvalue weighted by atomic mass is 9.80. The summed E-state index contributed by atoms with van der Waals surface area (Å²) in [6.07, 6.45) is -4.27. The van der Waals surface area contributed by atoms with Crippen LogP contribution in [0.3, 0.4) is 0 Å². The Labute approximate surface area is 99.3 Å². The van der Waals surface area contributed by atoms with E-state index in [1.54, 1.807) is 6.92 Å². The lowest BCUT2D eigenvalue weighted by Gasteiger charge is -2.27. The van der Waals surface area contributed by atoms with Crippen LogP contribution in [0.1, 0.15) is 38.3 Å². The van der Waals surface area contributed by atoms with Crippen molar-refractivity contribution in [3.63, 3.8) is 0 Å². The average Bonchev–Trinajstić information content (AvgIpc) is 2.14. The van der Waals surface area contributed by atoms with Crippen LogP contribution in [-0.2, 0) is 11.6 Å². The molecule has 17 heavy (non-hydrogen) atoms. The van der Waals surface area contributed by atoms with Gasteiger partial charge in [0.25, 0.3) is 0 Å². The van der Waals surface area contributed by atoms with Crippen LogP contribution < -0.4 is 0 Å². The second-order valence-corrected chi connectivity index (χ2v) is 5.01. The molecule has 0 amide bonds. The zero-order valence-electron chi connectivity index (χ0n) is 10.2. The van der Waals surface area contributed by atoms with Crippen LogP contribution in [0.5, 0.6) is 0 Å². The molecule has 0 bridgehead atoms. The summed E-state index contributed by atoms with van der Waals surface area (Å²) in [6, 6.07) is 5.12. The number of alkyl halides is 3. The zero-order chi connectivity index (χ0) is 13.3. The standard InChI is InChI=1S/C13H17F3O/c1-9(17)8-12(2,3)10-4-6-11(7-5-10)13(14,15)16/h4-7,9,17H,8H2,1-3H3. The van der Waals surface area contributed by atoms with E-state index >= 15 is 0 Å². The monoisotopic (exact) mass is 246 g/mol. The Balaban J connectivity index is 2.94. The fraction of sp³-hybridized carbons (Fsp3) is 0.538. The van der Waals surface area contributed by atoms with Gasteiger partial charge >= 0.3 is 6.18 Å². The minimum absolute atomic E-state index is 0.335. The van der Waals surface area contributed by atoms with Crippen molar-refractivity contribution in [2.75, 3.05) is 0 Å². The Hall–Kier alpha value is -1.03. The fourth-order valence-corrected chi connectivity index (χ4v) is 1.97. The molecule has 0 aliphatic carbocycles. The highest BCUT2D eigenvalue weighted by atomic mass is 19.4. The number of aliphatic hydroxyl groups is 1. The Morgan fingerprint density at radius 3 is 1.82 bits per heavy atom. The maximum absolute atomic E-state index is 12.4. The zero-order valence-corrected chi connectivity index (χ0v) is 10.2. The molecule has 96 valence electrons. The third-order valence-electron chi connectivity index (χ3n) is 2.80. The molecule has 0 aliphatic rings. The van der Waals surface area contributed by atoms with Gasteiger partial charge in [-0.2, -0.15) is 13.2 Å². The lowest BCUT2D eigenvalue weighted by Crippen LogP contribution is -2.23. The van der Waals surface area contributed by atoms with Crippen LogP contribution in [-0.4, -0.2) is 11.2 Å². The van der Waals surface area contributed by atoms with E-state index in [9.17, 15) is 18.3 Å². The fourth-order valence-electron chi connectivity index (χ4n) is 1.97. The quantitative estimate of drug-likeness (QED) is 0.861. The molecule has 1 atom stereocenters. The molecule has 1 aromatic rings. The molecule has 0 spiro atoms. The number of aliphatic hydroxyl groups excluding tert-OH is 1. The molecule has 1 rings (SSSR count). The first kappa shape index (κ1) is 14.0. The number of hydrogen-bond donors (Lipinski definition) is 1. The van der Waals surface area contributed by atoms with Gasteiger partial charge < -0.3 is 5.11 Å². The highest BCUT2D eigenvalue weighted by Crippen LogP contribution is 2.33. The summed E-state index contributed by atoms with van der Waals surface area (Å²) < 4.78 is 37.2. The molecule has 0 fully saturated rings. The largest absolute Gasteiger partial charge is 0.416 e. The highest BCUT2D eigenvalue weighted by Gasteiger charge is 2.31. The topological polar surface area (TPSA) is 20.2 Å².